The molecular weight excluding hydrogens is 400 g/mol. The molecule has 3 rings (SSSR count). The summed E-state index contributed by atoms with van der Waals surface area (Å²) in [5.74, 6) is -0.457. The van der Waals surface area contributed by atoms with Crippen molar-refractivity contribution < 1.29 is 13.2 Å². The van der Waals surface area contributed by atoms with Gasteiger partial charge in [-0.3, -0.25) is 14.8 Å². The van der Waals surface area contributed by atoms with Gasteiger partial charge in [-0.15, -0.1) is 0 Å². The Morgan fingerprint density at radius 3 is 2.61 bits per heavy atom. The molecule has 2 heterocycles. The van der Waals surface area contributed by atoms with E-state index in [4.69, 9.17) is 11.6 Å². The Labute approximate surface area is 167 Å². The van der Waals surface area contributed by atoms with Gasteiger partial charge in [-0.2, -0.15) is 0 Å². The highest BCUT2D eigenvalue weighted by Gasteiger charge is 2.15. The molecule has 0 fully saturated rings. The lowest BCUT2D eigenvalue weighted by atomic mass is 10.1. The van der Waals surface area contributed by atoms with Crippen LogP contribution in [0.1, 0.15) is 5.56 Å². The Morgan fingerprint density at radius 1 is 1.07 bits per heavy atom. The van der Waals surface area contributed by atoms with Crippen LogP contribution in [0.4, 0.5) is 0 Å². The number of halogens is 1. The predicted molar refractivity (Wildman–Crippen MR) is 106 cm³/mol. The number of nitrogens with one attached hydrogen (secondary N) is 2. The molecule has 0 bridgehead atoms. The summed E-state index contributed by atoms with van der Waals surface area (Å²) in [5.41, 5.74) is 2.46. The van der Waals surface area contributed by atoms with Crippen molar-refractivity contribution in [1.82, 2.24) is 20.0 Å². The van der Waals surface area contributed by atoms with E-state index in [9.17, 15) is 13.2 Å². The first kappa shape index (κ1) is 19.9. The summed E-state index contributed by atoms with van der Waals surface area (Å²) >= 11 is 5.80. The largest absolute Gasteiger partial charge is 0.351 e. The lowest BCUT2D eigenvalue weighted by Gasteiger charge is -2.08. The zero-order valence-electron chi connectivity index (χ0n) is 14.7. The van der Waals surface area contributed by atoms with Crippen LogP contribution in [-0.4, -0.2) is 30.8 Å². The Kier molecular flexibility index (Phi) is 6.35. The maximum Gasteiger partial charge on any atom is 0.241 e. The van der Waals surface area contributed by atoms with Gasteiger partial charge in [0.05, 0.1) is 17.1 Å². The molecule has 7 nitrogen and oxygen atoms in total. The first-order chi connectivity index (χ1) is 13.4. The highest BCUT2D eigenvalue weighted by atomic mass is 35.5. The van der Waals surface area contributed by atoms with Crippen molar-refractivity contribution in [3.8, 4) is 11.3 Å². The van der Waals surface area contributed by atoms with Crippen LogP contribution in [-0.2, 0) is 21.4 Å². The van der Waals surface area contributed by atoms with Crippen molar-refractivity contribution in [1.29, 1.82) is 0 Å². The molecule has 0 spiro atoms. The average Bonchev–Trinajstić information content (AvgIpc) is 2.72. The molecule has 9 heteroatoms. The van der Waals surface area contributed by atoms with E-state index < -0.39 is 15.9 Å². The second-order valence-electron chi connectivity index (χ2n) is 5.85. The second kappa shape index (κ2) is 8.92. The Bertz CT molecular complexity index is 1060. The summed E-state index contributed by atoms with van der Waals surface area (Å²) in [4.78, 5) is 20.4. The van der Waals surface area contributed by atoms with E-state index in [1.807, 2.05) is 24.3 Å². The predicted octanol–water partition coefficient (Wildman–Crippen LogP) is 2.39. The number of pyridine rings is 2. The van der Waals surface area contributed by atoms with Gasteiger partial charge < -0.3 is 5.32 Å². The van der Waals surface area contributed by atoms with Crippen molar-refractivity contribution >= 4 is 27.5 Å². The molecule has 0 atom stereocenters. The lowest BCUT2D eigenvalue weighted by molar-refractivity contribution is -0.120. The van der Waals surface area contributed by atoms with Gasteiger partial charge >= 0.3 is 0 Å². The topological polar surface area (TPSA) is 101 Å². The van der Waals surface area contributed by atoms with Crippen LogP contribution in [0.2, 0.25) is 5.02 Å². The summed E-state index contributed by atoms with van der Waals surface area (Å²) in [6.07, 6.45) is 5.06. The summed E-state index contributed by atoms with van der Waals surface area (Å²) < 4.78 is 26.6. The standard InChI is InChI=1S/C19H17ClN4O3S/c20-16-4-1-5-17(9-16)28(26,27)24-13-19(25)23-11-14-6-7-18(22-10-14)15-3-2-8-21-12-15/h1-10,12,24H,11,13H2,(H,23,25). The summed E-state index contributed by atoms with van der Waals surface area (Å²) in [5, 5.41) is 2.95. The molecule has 0 aliphatic rings. The molecule has 0 saturated carbocycles. The van der Waals surface area contributed by atoms with Crippen LogP contribution in [0.15, 0.2) is 72.0 Å². The SMILES string of the molecule is O=C(CNS(=O)(=O)c1cccc(Cl)c1)NCc1ccc(-c2cccnc2)nc1. The van der Waals surface area contributed by atoms with Crippen LogP contribution in [0.5, 0.6) is 0 Å². The number of carbonyl (C=O) groups excluding carboxylic acids is 1. The van der Waals surface area contributed by atoms with Crippen molar-refractivity contribution in [3.63, 3.8) is 0 Å². The number of carbonyl (C=O) groups is 1. The molecule has 0 unspecified atom stereocenters. The molecule has 0 aliphatic carbocycles. The van der Waals surface area contributed by atoms with E-state index in [2.05, 4.69) is 20.0 Å². The third-order valence-corrected chi connectivity index (χ3v) is 5.43. The van der Waals surface area contributed by atoms with Crippen LogP contribution in [0, 0.1) is 0 Å². The zero-order chi connectivity index (χ0) is 20.0. The minimum Gasteiger partial charge on any atom is -0.351 e. The number of amides is 1. The van der Waals surface area contributed by atoms with E-state index in [0.29, 0.717) is 5.02 Å². The number of rotatable bonds is 7. The van der Waals surface area contributed by atoms with Crippen LogP contribution in [0.3, 0.4) is 0 Å². The van der Waals surface area contributed by atoms with Crippen LogP contribution in [0.25, 0.3) is 11.3 Å². The van der Waals surface area contributed by atoms with Crippen molar-refractivity contribution in [2.24, 2.45) is 0 Å². The molecule has 0 saturated heterocycles. The van der Waals surface area contributed by atoms with Crippen LogP contribution >= 0.6 is 11.6 Å². The fourth-order valence-corrected chi connectivity index (χ4v) is 3.64. The van der Waals surface area contributed by atoms with Gasteiger partial charge in [0, 0.05) is 35.7 Å². The minimum absolute atomic E-state index is 0.00277. The molecule has 1 aromatic carbocycles. The van der Waals surface area contributed by atoms with Crippen molar-refractivity contribution in [3.05, 3.63) is 77.7 Å². The molecule has 1 amide bonds. The van der Waals surface area contributed by atoms with Gasteiger partial charge in [-0.25, -0.2) is 13.1 Å². The van der Waals surface area contributed by atoms with Gasteiger partial charge in [0.2, 0.25) is 15.9 Å². The normalized spacial score (nSPS) is 11.2. The Hall–Kier alpha value is -2.81. The first-order valence-corrected chi connectivity index (χ1v) is 10.2. The highest BCUT2D eigenvalue weighted by Crippen LogP contribution is 2.16. The fourth-order valence-electron chi connectivity index (χ4n) is 2.36. The lowest BCUT2D eigenvalue weighted by Crippen LogP contribution is -2.36. The molecule has 0 radical (unpaired) electrons. The third-order valence-electron chi connectivity index (χ3n) is 3.80. The molecule has 144 valence electrons. The van der Waals surface area contributed by atoms with E-state index in [1.54, 1.807) is 24.7 Å². The first-order valence-electron chi connectivity index (χ1n) is 8.31. The zero-order valence-corrected chi connectivity index (χ0v) is 16.2. The maximum atomic E-state index is 12.2. The highest BCUT2D eigenvalue weighted by molar-refractivity contribution is 7.89. The number of hydrogen-bond donors (Lipinski definition) is 2. The Morgan fingerprint density at radius 2 is 1.93 bits per heavy atom. The molecule has 2 aromatic heterocycles. The van der Waals surface area contributed by atoms with Crippen molar-refractivity contribution in [2.75, 3.05) is 6.54 Å². The summed E-state index contributed by atoms with van der Waals surface area (Å²) in [6, 6.07) is 13.2. The number of hydrogen-bond acceptors (Lipinski definition) is 5. The van der Waals surface area contributed by atoms with Gasteiger partial charge in [0.25, 0.3) is 0 Å². The monoisotopic (exact) mass is 416 g/mol. The number of aromatic nitrogens is 2. The summed E-state index contributed by atoms with van der Waals surface area (Å²) in [6.45, 7) is -0.145. The van der Waals surface area contributed by atoms with Gasteiger partial charge in [0.1, 0.15) is 0 Å². The molecule has 3 aromatic rings. The second-order valence-corrected chi connectivity index (χ2v) is 8.06. The summed E-state index contributed by atoms with van der Waals surface area (Å²) in [7, 11) is -3.81. The van der Waals surface area contributed by atoms with Crippen LogP contribution < -0.4 is 10.0 Å². The van der Waals surface area contributed by atoms with Gasteiger partial charge in [0.15, 0.2) is 0 Å². The maximum absolute atomic E-state index is 12.2. The van der Waals surface area contributed by atoms with E-state index in [0.717, 1.165) is 16.8 Å². The van der Waals surface area contributed by atoms with Gasteiger partial charge in [-0.1, -0.05) is 23.7 Å². The average molecular weight is 417 g/mol. The minimum atomic E-state index is -3.81. The molecule has 2 N–H and O–H groups in total. The van der Waals surface area contributed by atoms with Crippen molar-refractivity contribution in [2.45, 2.75) is 11.4 Å². The Balaban J connectivity index is 1.52. The number of benzene rings is 1. The quantitative estimate of drug-likeness (QED) is 0.615. The third kappa shape index (κ3) is 5.35. The molecule has 0 aliphatic heterocycles. The molecular formula is C19H17ClN4O3S. The molecule has 28 heavy (non-hydrogen) atoms. The number of sulfonamides is 1. The fraction of sp³-hybridized carbons (Fsp3) is 0.105. The van der Waals surface area contributed by atoms with Gasteiger partial charge in [-0.05, 0) is 42.0 Å². The van der Waals surface area contributed by atoms with E-state index >= 15 is 0 Å². The van der Waals surface area contributed by atoms with E-state index in [-0.39, 0.29) is 18.0 Å². The smallest absolute Gasteiger partial charge is 0.241 e. The number of nitrogens with zero attached hydrogens (tertiary/aromatic N) is 2. The van der Waals surface area contributed by atoms with E-state index in [1.165, 1.54) is 18.2 Å².